The lowest BCUT2D eigenvalue weighted by Crippen LogP contribution is -2.50. The SMILES string of the molecule is CCOc1ccccc1NC(=O)N1CCN(c2ccc(-c3ccc4c(c3)OCO4)nn2)CC1. The minimum absolute atomic E-state index is 0.133. The molecule has 1 fully saturated rings. The highest BCUT2D eigenvalue weighted by Gasteiger charge is 2.23. The number of urea groups is 1. The van der Waals surface area contributed by atoms with Crippen LogP contribution in [0.3, 0.4) is 0 Å². The van der Waals surface area contributed by atoms with Gasteiger partial charge >= 0.3 is 6.03 Å². The van der Waals surface area contributed by atoms with Crippen molar-refractivity contribution in [2.75, 3.05) is 49.8 Å². The van der Waals surface area contributed by atoms with Gasteiger partial charge in [-0.15, -0.1) is 10.2 Å². The molecule has 33 heavy (non-hydrogen) atoms. The molecule has 2 aliphatic rings. The van der Waals surface area contributed by atoms with Gasteiger partial charge in [0.2, 0.25) is 6.79 Å². The Balaban J connectivity index is 1.18. The largest absolute Gasteiger partial charge is 0.492 e. The van der Waals surface area contributed by atoms with Crippen LogP contribution in [-0.2, 0) is 0 Å². The van der Waals surface area contributed by atoms with Gasteiger partial charge in [0.1, 0.15) is 5.75 Å². The molecule has 5 rings (SSSR count). The second kappa shape index (κ2) is 9.23. The Hall–Kier alpha value is -4.01. The molecule has 2 aromatic carbocycles. The monoisotopic (exact) mass is 447 g/mol. The number of hydrogen-bond donors (Lipinski definition) is 1. The van der Waals surface area contributed by atoms with Gasteiger partial charge in [0.15, 0.2) is 17.3 Å². The number of nitrogens with one attached hydrogen (secondary N) is 1. The first-order valence-corrected chi connectivity index (χ1v) is 11.0. The van der Waals surface area contributed by atoms with Crippen molar-refractivity contribution in [1.29, 1.82) is 0 Å². The standard InChI is InChI=1S/C24H25N5O4/c1-2-31-20-6-4-3-5-19(20)25-24(30)29-13-11-28(12-14-29)23-10-8-18(26-27-23)17-7-9-21-22(15-17)33-16-32-21/h3-10,15H,2,11-14,16H2,1H3,(H,25,30). The van der Waals surface area contributed by atoms with E-state index in [0.29, 0.717) is 44.2 Å². The molecule has 0 saturated carbocycles. The first kappa shape index (κ1) is 20.9. The van der Waals surface area contributed by atoms with Gasteiger partial charge in [0.05, 0.1) is 18.0 Å². The van der Waals surface area contributed by atoms with Crippen LogP contribution >= 0.6 is 0 Å². The number of hydrogen-bond acceptors (Lipinski definition) is 7. The Morgan fingerprint density at radius 1 is 1.00 bits per heavy atom. The fraction of sp³-hybridized carbons (Fsp3) is 0.292. The van der Waals surface area contributed by atoms with Crippen LogP contribution in [0.15, 0.2) is 54.6 Å². The lowest BCUT2D eigenvalue weighted by atomic mass is 10.1. The van der Waals surface area contributed by atoms with Crippen LogP contribution in [0, 0.1) is 0 Å². The summed E-state index contributed by atoms with van der Waals surface area (Å²) in [6.45, 7) is 5.24. The molecule has 2 aliphatic heterocycles. The molecule has 9 heteroatoms. The molecule has 170 valence electrons. The predicted molar refractivity (Wildman–Crippen MR) is 124 cm³/mol. The molecular weight excluding hydrogens is 422 g/mol. The fourth-order valence-electron chi connectivity index (χ4n) is 3.89. The molecule has 0 atom stereocenters. The molecule has 1 aromatic heterocycles. The summed E-state index contributed by atoms with van der Waals surface area (Å²) in [5.41, 5.74) is 2.37. The highest BCUT2D eigenvalue weighted by atomic mass is 16.7. The average molecular weight is 447 g/mol. The summed E-state index contributed by atoms with van der Waals surface area (Å²) in [5.74, 6) is 2.93. The van der Waals surface area contributed by atoms with Crippen LogP contribution in [0.5, 0.6) is 17.2 Å². The van der Waals surface area contributed by atoms with Crippen molar-refractivity contribution >= 4 is 17.5 Å². The Morgan fingerprint density at radius 3 is 2.61 bits per heavy atom. The molecule has 0 aliphatic carbocycles. The zero-order valence-corrected chi connectivity index (χ0v) is 18.4. The zero-order valence-electron chi connectivity index (χ0n) is 18.4. The molecule has 9 nitrogen and oxygen atoms in total. The van der Waals surface area contributed by atoms with E-state index in [1.807, 2.05) is 61.5 Å². The Kier molecular flexibility index (Phi) is 5.84. The molecule has 1 saturated heterocycles. The van der Waals surface area contributed by atoms with Gasteiger partial charge in [0, 0.05) is 31.7 Å². The van der Waals surface area contributed by atoms with E-state index >= 15 is 0 Å². The number of benzene rings is 2. The molecule has 0 spiro atoms. The van der Waals surface area contributed by atoms with Gasteiger partial charge in [-0.05, 0) is 49.4 Å². The number of fused-ring (bicyclic) bond motifs is 1. The van der Waals surface area contributed by atoms with Crippen LogP contribution in [0.1, 0.15) is 6.92 Å². The molecule has 2 amide bonds. The zero-order chi connectivity index (χ0) is 22.6. The van der Waals surface area contributed by atoms with E-state index in [1.165, 1.54) is 0 Å². The lowest BCUT2D eigenvalue weighted by Gasteiger charge is -2.35. The number of rotatable bonds is 5. The number of anilines is 2. The van der Waals surface area contributed by atoms with E-state index in [4.69, 9.17) is 14.2 Å². The number of nitrogens with zero attached hydrogens (tertiary/aromatic N) is 4. The summed E-state index contributed by atoms with van der Waals surface area (Å²) in [6.07, 6.45) is 0. The van der Waals surface area contributed by atoms with Crippen LogP contribution in [0.2, 0.25) is 0 Å². The van der Waals surface area contributed by atoms with Crippen molar-refractivity contribution in [2.24, 2.45) is 0 Å². The van der Waals surface area contributed by atoms with E-state index in [0.717, 1.165) is 28.6 Å². The van der Waals surface area contributed by atoms with E-state index in [9.17, 15) is 4.79 Å². The first-order valence-electron chi connectivity index (χ1n) is 11.0. The smallest absolute Gasteiger partial charge is 0.322 e. The Bertz CT molecular complexity index is 1130. The van der Waals surface area contributed by atoms with E-state index < -0.39 is 0 Å². The van der Waals surface area contributed by atoms with Gasteiger partial charge in [0.25, 0.3) is 0 Å². The summed E-state index contributed by atoms with van der Waals surface area (Å²) in [7, 11) is 0. The van der Waals surface area contributed by atoms with Crippen LogP contribution in [0.25, 0.3) is 11.3 Å². The number of amides is 2. The van der Waals surface area contributed by atoms with Crippen molar-refractivity contribution in [2.45, 2.75) is 6.92 Å². The number of aromatic nitrogens is 2. The number of piperazine rings is 1. The second-order valence-corrected chi connectivity index (χ2v) is 7.68. The fourth-order valence-corrected chi connectivity index (χ4v) is 3.89. The molecule has 3 aromatic rings. The van der Waals surface area contributed by atoms with Crippen LogP contribution in [0.4, 0.5) is 16.3 Å². The lowest BCUT2D eigenvalue weighted by molar-refractivity contribution is 0.174. The molecule has 0 unspecified atom stereocenters. The van der Waals surface area contributed by atoms with Gasteiger partial charge in [-0.2, -0.15) is 0 Å². The average Bonchev–Trinajstić information content (AvgIpc) is 3.34. The van der Waals surface area contributed by atoms with Crippen LogP contribution in [-0.4, -0.2) is 60.7 Å². The predicted octanol–water partition coefficient (Wildman–Crippen LogP) is 3.63. The van der Waals surface area contributed by atoms with Gasteiger partial charge in [-0.3, -0.25) is 0 Å². The minimum atomic E-state index is -0.133. The van der Waals surface area contributed by atoms with Crippen LogP contribution < -0.4 is 24.4 Å². The normalized spacial score (nSPS) is 14.8. The molecular formula is C24H25N5O4. The summed E-state index contributed by atoms with van der Waals surface area (Å²) in [5, 5.41) is 11.8. The highest BCUT2D eigenvalue weighted by molar-refractivity contribution is 5.91. The van der Waals surface area contributed by atoms with Crippen molar-refractivity contribution in [3.8, 4) is 28.5 Å². The van der Waals surface area contributed by atoms with E-state index in [2.05, 4.69) is 20.4 Å². The van der Waals surface area contributed by atoms with Gasteiger partial charge < -0.3 is 29.3 Å². The first-order chi connectivity index (χ1) is 16.2. The number of para-hydroxylation sites is 2. The van der Waals surface area contributed by atoms with E-state index in [-0.39, 0.29) is 12.8 Å². The van der Waals surface area contributed by atoms with Crippen molar-refractivity contribution in [3.63, 3.8) is 0 Å². The van der Waals surface area contributed by atoms with E-state index in [1.54, 1.807) is 4.90 Å². The highest BCUT2D eigenvalue weighted by Crippen LogP contribution is 2.35. The van der Waals surface area contributed by atoms with Crippen molar-refractivity contribution in [1.82, 2.24) is 15.1 Å². The second-order valence-electron chi connectivity index (χ2n) is 7.68. The molecule has 0 bridgehead atoms. The molecule has 0 radical (unpaired) electrons. The maximum Gasteiger partial charge on any atom is 0.322 e. The Morgan fingerprint density at radius 2 is 1.82 bits per heavy atom. The topological polar surface area (TPSA) is 89.1 Å². The maximum absolute atomic E-state index is 12.7. The van der Waals surface area contributed by atoms with Crippen molar-refractivity contribution < 1.29 is 19.0 Å². The Labute approximate surface area is 191 Å². The number of ether oxygens (including phenoxy) is 3. The maximum atomic E-state index is 12.7. The summed E-state index contributed by atoms with van der Waals surface area (Å²) in [4.78, 5) is 16.7. The van der Waals surface area contributed by atoms with Gasteiger partial charge in [-0.1, -0.05) is 12.1 Å². The quantitative estimate of drug-likeness (QED) is 0.639. The number of carbonyl (C=O) groups excluding carboxylic acids is 1. The molecule has 3 heterocycles. The summed E-state index contributed by atoms with van der Waals surface area (Å²) in [6, 6.07) is 17.0. The third kappa shape index (κ3) is 4.48. The minimum Gasteiger partial charge on any atom is -0.492 e. The third-order valence-electron chi connectivity index (χ3n) is 5.64. The third-order valence-corrected chi connectivity index (χ3v) is 5.64. The van der Waals surface area contributed by atoms with Gasteiger partial charge in [-0.25, -0.2) is 4.79 Å². The van der Waals surface area contributed by atoms with Crippen molar-refractivity contribution in [3.05, 3.63) is 54.6 Å². The summed E-state index contributed by atoms with van der Waals surface area (Å²) < 4.78 is 16.4. The summed E-state index contributed by atoms with van der Waals surface area (Å²) >= 11 is 0. The molecule has 1 N–H and O–H groups in total. The number of carbonyl (C=O) groups is 1.